The van der Waals surface area contributed by atoms with Gasteiger partial charge in [0.05, 0.1) is 36.5 Å². The molecule has 0 spiro atoms. The molecular formula is C65H62N4OSi. The molecule has 0 unspecified atom stereocenters. The molecule has 1 aromatic heterocycles. The second-order valence-electron chi connectivity index (χ2n) is 21.1. The van der Waals surface area contributed by atoms with Crippen LogP contribution in [0.5, 0.6) is 11.5 Å². The molecule has 0 amide bonds. The van der Waals surface area contributed by atoms with Crippen LogP contribution >= 0.6 is 0 Å². The quantitative estimate of drug-likeness (QED) is 0.142. The maximum Gasteiger partial charge on any atom is 0.137 e. The molecule has 0 radical (unpaired) electrons. The zero-order valence-electron chi connectivity index (χ0n) is 51.7. The Labute approximate surface area is 435 Å². The van der Waals surface area contributed by atoms with Gasteiger partial charge in [-0.25, -0.2) is 4.98 Å². The van der Waals surface area contributed by atoms with Crippen LogP contribution in [0, 0.1) is 6.92 Å². The van der Waals surface area contributed by atoms with Crippen molar-refractivity contribution in [1.29, 1.82) is 0 Å². The van der Waals surface area contributed by atoms with Gasteiger partial charge in [-0.05, 0) is 104 Å². The number of aromatic nitrogens is 1. The van der Waals surface area contributed by atoms with Gasteiger partial charge in [-0.15, -0.1) is 0 Å². The van der Waals surface area contributed by atoms with Gasteiger partial charge in [0, 0.05) is 46.4 Å². The van der Waals surface area contributed by atoms with Gasteiger partial charge in [0.15, 0.2) is 0 Å². The summed E-state index contributed by atoms with van der Waals surface area (Å²) in [6.07, 6.45) is 1.60. The summed E-state index contributed by atoms with van der Waals surface area (Å²) in [5, 5.41) is 2.40. The number of rotatable bonds is 8. The fourth-order valence-electron chi connectivity index (χ4n) is 10.1. The zero-order chi connectivity index (χ0) is 57.9. The smallest absolute Gasteiger partial charge is 0.137 e. The molecule has 0 N–H and O–H groups in total. The van der Waals surface area contributed by atoms with Crippen LogP contribution in [0.3, 0.4) is 0 Å². The molecule has 71 heavy (non-hydrogen) atoms. The maximum absolute atomic E-state index is 9.27. The summed E-state index contributed by atoms with van der Waals surface area (Å²) in [6.45, 7) is 20.1. The third-order valence-corrected chi connectivity index (χ3v) is 17.5. The van der Waals surface area contributed by atoms with E-state index in [0.717, 1.165) is 50.7 Å². The van der Waals surface area contributed by atoms with Crippen LogP contribution in [0.2, 0.25) is 13.1 Å². The fourth-order valence-corrected chi connectivity index (χ4v) is 13.1. The van der Waals surface area contributed by atoms with Gasteiger partial charge in [-0.3, -0.25) is 4.90 Å². The number of anilines is 7. The largest absolute Gasteiger partial charge is 0.457 e. The molecule has 5 nitrogen and oxygen atoms in total. The molecule has 9 aromatic rings. The van der Waals surface area contributed by atoms with E-state index in [4.69, 9.17) is 20.7 Å². The van der Waals surface area contributed by atoms with E-state index in [1.165, 1.54) is 10.4 Å². The Morgan fingerprint density at radius 3 is 1.73 bits per heavy atom. The average Bonchev–Trinajstić information content (AvgIpc) is 3.83. The third kappa shape index (κ3) is 8.40. The number of hydrogen-bond acceptors (Lipinski definition) is 5. The number of fused-ring (bicyclic) bond motifs is 3. The number of pyridine rings is 1. The topological polar surface area (TPSA) is 31.8 Å². The predicted molar refractivity (Wildman–Crippen MR) is 303 cm³/mol. The molecule has 0 bridgehead atoms. The molecule has 0 aliphatic carbocycles. The molecule has 3 heterocycles. The second-order valence-corrected chi connectivity index (χ2v) is 25.4. The first-order chi connectivity index (χ1) is 38.3. The van der Waals surface area contributed by atoms with Gasteiger partial charge >= 0.3 is 0 Å². The van der Waals surface area contributed by atoms with Crippen molar-refractivity contribution in [2.75, 3.05) is 21.4 Å². The van der Waals surface area contributed by atoms with Gasteiger partial charge in [-0.1, -0.05) is 194 Å². The Bertz CT molecular complexity index is 3990. The summed E-state index contributed by atoms with van der Waals surface area (Å²) >= 11 is 0. The van der Waals surface area contributed by atoms with Crippen LogP contribution in [0.25, 0.3) is 33.4 Å². The van der Waals surface area contributed by atoms with Crippen molar-refractivity contribution in [3.63, 3.8) is 0 Å². The van der Waals surface area contributed by atoms with Crippen molar-refractivity contribution >= 4 is 58.4 Å². The standard InChI is InChI=1S/C65H62N4OSi/c1-44-36-62(66-42-55(44)46-24-14-11-15-25-46)69-58-32-18-19-33-60(58)71(8,9)61-35-34-52(41-59(61)69)70-51-27-20-26-50(40-51)67-43-68(57-31-17-16-30-56(57)67)63-53(45-22-12-10-13-23-45)28-21-29-54(63)47-37-48(64(2,3)4)39-49(38-47)65(5,6)7/h10-42H,43H2,1-9H3/i10D,11D,12D,13D,14D,15D,22D,23D,24D,25D. The highest BCUT2D eigenvalue weighted by Crippen LogP contribution is 2.51. The number of para-hydroxylation sites is 4. The van der Waals surface area contributed by atoms with Crippen molar-refractivity contribution < 1.29 is 18.4 Å². The molecule has 0 saturated heterocycles. The highest BCUT2D eigenvalue weighted by molar-refractivity contribution is 7.02. The number of hydrogen-bond donors (Lipinski definition) is 0. The molecule has 2 aliphatic rings. The van der Waals surface area contributed by atoms with Gasteiger partial charge in [0.1, 0.15) is 32.1 Å². The van der Waals surface area contributed by atoms with Crippen molar-refractivity contribution in [2.24, 2.45) is 0 Å². The van der Waals surface area contributed by atoms with E-state index in [-0.39, 0.29) is 46.1 Å². The predicted octanol–water partition coefficient (Wildman–Crippen LogP) is 16.6. The van der Waals surface area contributed by atoms with E-state index in [2.05, 4.69) is 136 Å². The van der Waals surface area contributed by atoms with E-state index in [1.54, 1.807) is 6.20 Å². The lowest BCUT2D eigenvalue weighted by Gasteiger charge is -2.40. The number of aryl methyl sites for hydroxylation is 1. The van der Waals surface area contributed by atoms with E-state index < -0.39 is 44.3 Å². The summed E-state index contributed by atoms with van der Waals surface area (Å²) in [7, 11) is -2.31. The summed E-state index contributed by atoms with van der Waals surface area (Å²) in [5.41, 5.74) is 10.9. The summed E-state index contributed by atoms with van der Waals surface area (Å²) in [5.74, 6) is 1.79. The zero-order valence-corrected chi connectivity index (χ0v) is 42.7. The second kappa shape index (κ2) is 17.6. The number of nitrogens with zero attached hydrogens (tertiary/aromatic N) is 4. The van der Waals surface area contributed by atoms with Crippen LogP contribution in [-0.4, -0.2) is 19.7 Å². The van der Waals surface area contributed by atoms with Crippen LogP contribution in [0.15, 0.2) is 200 Å². The van der Waals surface area contributed by atoms with Gasteiger partial charge in [0.25, 0.3) is 0 Å². The molecule has 11 rings (SSSR count). The Kier molecular flexibility index (Phi) is 8.79. The molecule has 0 fully saturated rings. The number of ether oxygens (including phenoxy) is 1. The van der Waals surface area contributed by atoms with Crippen LogP contribution in [-0.2, 0) is 10.8 Å². The van der Waals surface area contributed by atoms with Crippen molar-refractivity contribution in [2.45, 2.75) is 72.4 Å². The minimum absolute atomic E-state index is 0.105. The molecule has 2 aliphatic heterocycles. The van der Waals surface area contributed by atoms with Crippen molar-refractivity contribution in [3.8, 4) is 44.9 Å². The lowest BCUT2D eigenvalue weighted by atomic mass is 9.78. The first-order valence-corrected chi connectivity index (χ1v) is 27.1. The van der Waals surface area contributed by atoms with E-state index in [1.807, 2.05) is 73.7 Å². The highest BCUT2D eigenvalue weighted by atomic mass is 28.3. The normalized spacial score (nSPS) is 15.9. The Hall–Kier alpha value is -7.67. The van der Waals surface area contributed by atoms with Gasteiger partial charge in [0.2, 0.25) is 0 Å². The molecule has 8 aromatic carbocycles. The SMILES string of the molecule is [2H]c1c([2H])c([2H])c(-c2cnc(N3c4ccccc4[Si](C)(C)c4ccc(Oc5cccc(N6CN(c7c(-c8cc(C(C)(C)C)cc(C(C)(C)C)c8)cccc7-c7c([2H])c([2H])c([2H])c([2H])c7[2H])c7ccccc76)c5)cc43)cc2C)c([2H])c1[2H]. The van der Waals surface area contributed by atoms with Crippen LogP contribution < -0.4 is 29.8 Å². The first-order valence-electron chi connectivity index (χ1n) is 29.1. The molecule has 0 atom stereocenters. The van der Waals surface area contributed by atoms with Crippen LogP contribution in [0.1, 0.15) is 71.9 Å². The first kappa shape index (κ1) is 35.4. The molecule has 0 saturated carbocycles. The maximum atomic E-state index is 9.27. The van der Waals surface area contributed by atoms with Crippen molar-refractivity contribution in [3.05, 3.63) is 217 Å². The lowest BCUT2D eigenvalue weighted by Crippen LogP contribution is -2.58. The lowest BCUT2D eigenvalue weighted by molar-refractivity contribution is 0.483. The Morgan fingerprint density at radius 2 is 1.08 bits per heavy atom. The minimum atomic E-state index is -2.31. The molecular weight excluding hydrogens is 881 g/mol. The number of benzene rings is 8. The fraction of sp³-hybridized carbons (Fsp3) is 0.185. The Balaban J connectivity index is 1.00. The molecule has 352 valence electrons. The van der Waals surface area contributed by atoms with Crippen LogP contribution in [0.4, 0.5) is 39.9 Å². The van der Waals surface area contributed by atoms with Gasteiger partial charge in [-0.2, -0.15) is 0 Å². The van der Waals surface area contributed by atoms with Gasteiger partial charge < -0.3 is 14.5 Å². The Morgan fingerprint density at radius 1 is 0.521 bits per heavy atom. The monoisotopic (exact) mass is 953 g/mol. The van der Waals surface area contributed by atoms with Crippen molar-refractivity contribution in [1.82, 2.24) is 4.98 Å². The van der Waals surface area contributed by atoms with E-state index >= 15 is 0 Å². The highest BCUT2D eigenvalue weighted by Gasteiger charge is 2.39. The van der Waals surface area contributed by atoms with E-state index in [0.29, 0.717) is 46.4 Å². The summed E-state index contributed by atoms with van der Waals surface area (Å²) < 4.78 is 93.8. The minimum Gasteiger partial charge on any atom is -0.457 e. The summed E-state index contributed by atoms with van der Waals surface area (Å²) in [6, 6.07) is 41.5. The molecule has 6 heteroatoms. The summed E-state index contributed by atoms with van der Waals surface area (Å²) in [4.78, 5) is 11.5. The average molecular weight is 953 g/mol. The van der Waals surface area contributed by atoms with E-state index in [9.17, 15) is 2.74 Å². The third-order valence-electron chi connectivity index (χ3n) is 14.0.